The van der Waals surface area contributed by atoms with Gasteiger partial charge in [-0.25, -0.2) is 0 Å². The van der Waals surface area contributed by atoms with Crippen molar-refractivity contribution in [3.8, 4) is 0 Å². The number of piperidine rings is 1. The molecule has 1 aliphatic heterocycles. The van der Waals surface area contributed by atoms with Crippen molar-refractivity contribution < 1.29 is 27.3 Å². The highest BCUT2D eigenvalue weighted by molar-refractivity contribution is 5.91. The van der Waals surface area contributed by atoms with Crippen molar-refractivity contribution in [2.75, 3.05) is 18.4 Å². The zero-order valence-corrected chi connectivity index (χ0v) is 14.0. The molecular formula is C17H16F3N3O4. The van der Waals surface area contributed by atoms with Gasteiger partial charge in [-0.05, 0) is 37.1 Å². The number of carbonyl (C=O) groups excluding carboxylic acids is 1. The van der Waals surface area contributed by atoms with E-state index < -0.39 is 22.4 Å². The van der Waals surface area contributed by atoms with Crippen molar-refractivity contribution in [2.45, 2.75) is 25.1 Å². The van der Waals surface area contributed by atoms with Crippen LogP contribution in [0.3, 0.4) is 0 Å². The summed E-state index contributed by atoms with van der Waals surface area (Å²) in [6.45, 7) is 0.817. The predicted octanol–water partition coefficient (Wildman–Crippen LogP) is 3.92. The molecule has 0 radical (unpaired) electrons. The number of likely N-dealkylation sites (tertiary alicyclic amines) is 1. The van der Waals surface area contributed by atoms with Gasteiger partial charge in [-0.2, -0.15) is 13.2 Å². The van der Waals surface area contributed by atoms with Gasteiger partial charge in [-0.1, -0.05) is 0 Å². The van der Waals surface area contributed by atoms with Gasteiger partial charge in [0.2, 0.25) is 0 Å². The monoisotopic (exact) mass is 383 g/mol. The lowest BCUT2D eigenvalue weighted by molar-refractivity contribution is -0.384. The molecule has 1 saturated heterocycles. The molecule has 1 aromatic heterocycles. The van der Waals surface area contributed by atoms with Gasteiger partial charge >= 0.3 is 6.18 Å². The summed E-state index contributed by atoms with van der Waals surface area (Å²) in [7, 11) is 0. The maximum absolute atomic E-state index is 12.8. The first-order valence-corrected chi connectivity index (χ1v) is 8.20. The molecule has 1 fully saturated rings. The largest absolute Gasteiger partial charge is 0.459 e. The van der Waals surface area contributed by atoms with Crippen LogP contribution in [-0.4, -0.2) is 34.9 Å². The number of halogens is 3. The van der Waals surface area contributed by atoms with E-state index in [9.17, 15) is 28.1 Å². The molecule has 1 amide bonds. The standard InChI is InChI=1S/C17H16F3N3O4/c18-17(19,20)11-3-4-13(14(10-11)23(25)26)21-12-5-7-22(8-6-12)16(24)15-2-1-9-27-15/h1-4,9-10,12,21H,5-8H2. The predicted molar refractivity (Wildman–Crippen MR) is 89.4 cm³/mol. The first kappa shape index (κ1) is 18.7. The van der Waals surface area contributed by atoms with Crippen LogP contribution in [0.1, 0.15) is 29.0 Å². The van der Waals surface area contributed by atoms with Crippen LogP contribution in [-0.2, 0) is 6.18 Å². The van der Waals surface area contributed by atoms with E-state index in [-0.39, 0.29) is 23.4 Å². The molecule has 1 aromatic carbocycles. The van der Waals surface area contributed by atoms with E-state index in [2.05, 4.69) is 5.32 Å². The fraction of sp³-hybridized carbons (Fsp3) is 0.353. The van der Waals surface area contributed by atoms with E-state index in [4.69, 9.17) is 4.42 Å². The number of nitrogens with zero attached hydrogens (tertiary/aromatic N) is 2. The molecule has 0 spiro atoms. The summed E-state index contributed by atoms with van der Waals surface area (Å²) in [5, 5.41) is 14.1. The number of amides is 1. The van der Waals surface area contributed by atoms with Crippen molar-refractivity contribution in [3.05, 3.63) is 58.0 Å². The van der Waals surface area contributed by atoms with Gasteiger partial charge in [-0.3, -0.25) is 14.9 Å². The molecule has 1 aliphatic rings. The minimum atomic E-state index is -4.65. The maximum Gasteiger partial charge on any atom is 0.416 e. The van der Waals surface area contributed by atoms with Crippen LogP contribution in [0.4, 0.5) is 24.5 Å². The van der Waals surface area contributed by atoms with Crippen molar-refractivity contribution >= 4 is 17.3 Å². The lowest BCUT2D eigenvalue weighted by Gasteiger charge is -2.32. The molecular weight excluding hydrogens is 367 g/mol. The Labute approximate surface area is 151 Å². The Balaban J connectivity index is 1.66. The fourth-order valence-electron chi connectivity index (χ4n) is 2.98. The van der Waals surface area contributed by atoms with Crippen LogP contribution in [0.25, 0.3) is 0 Å². The van der Waals surface area contributed by atoms with Crippen LogP contribution in [0.15, 0.2) is 41.0 Å². The van der Waals surface area contributed by atoms with Gasteiger partial charge in [-0.15, -0.1) is 0 Å². The molecule has 0 aliphatic carbocycles. The Morgan fingerprint density at radius 1 is 1.26 bits per heavy atom. The second-order valence-electron chi connectivity index (χ2n) is 6.17. The number of nitro benzene ring substituents is 1. The highest BCUT2D eigenvalue weighted by Crippen LogP contribution is 2.35. The Kier molecular flexibility index (Phi) is 5.06. The molecule has 0 atom stereocenters. The van der Waals surface area contributed by atoms with Gasteiger partial charge in [0.05, 0.1) is 16.7 Å². The highest BCUT2D eigenvalue weighted by atomic mass is 19.4. The minimum Gasteiger partial charge on any atom is -0.459 e. The summed E-state index contributed by atoms with van der Waals surface area (Å²) in [6, 6.07) is 5.40. The summed E-state index contributed by atoms with van der Waals surface area (Å²) in [5.41, 5.74) is -1.67. The number of nitro groups is 1. The average Bonchev–Trinajstić information content (AvgIpc) is 3.15. The van der Waals surface area contributed by atoms with Crippen LogP contribution in [0.2, 0.25) is 0 Å². The zero-order chi connectivity index (χ0) is 19.6. The number of hydrogen-bond donors (Lipinski definition) is 1. The SMILES string of the molecule is O=C(c1ccco1)N1CCC(Nc2ccc(C(F)(F)F)cc2[N+](=O)[O-])CC1. The Bertz CT molecular complexity index is 828. The Morgan fingerprint density at radius 2 is 1.96 bits per heavy atom. The first-order valence-electron chi connectivity index (χ1n) is 8.20. The van der Waals surface area contributed by atoms with E-state index in [0.717, 1.165) is 12.1 Å². The van der Waals surface area contributed by atoms with Gasteiger partial charge < -0.3 is 14.6 Å². The van der Waals surface area contributed by atoms with Crippen molar-refractivity contribution in [1.29, 1.82) is 0 Å². The maximum atomic E-state index is 12.8. The number of carbonyl (C=O) groups is 1. The van der Waals surface area contributed by atoms with Gasteiger partial charge in [0, 0.05) is 25.2 Å². The molecule has 7 nitrogen and oxygen atoms in total. The number of benzene rings is 1. The normalized spacial score (nSPS) is 15.6. The summed E-state index contributed by atoms with van der Waals surface area (Å²) in [4.78, 5) is 24.1. The third-order valence-corrected chi connectivity index (χ3v) is 4.40. The molecule has 0 saturated carbocycles. The first-order chi connectivity index (χ1) is 12.8. The van der Waals surface area contributed by atoms with Crippen LogP contribution in [0, 0.1) is 10.1 Å². The summed E-state index contributed by atoms with van der Waals surface area (Å²) >= 11 is 0. The average molecular weight is 383 g/mol. The molecule has 1 N–H and O–H groups in total. The van der Waals surface area contributed by atoms with Crippen molar-refractivity contribution in [2.24, 2.45) is 0 Å². The van der Waals surface area contributed by atoms with Crippen molar-refractivity contribution in [1.82, 2.24) is 4.90 Å². The summed E-state index contributed by atoms with van der Waals surface area (Å²) in [5.74, 6) is -0.00116. The molecule has 144 valence electrons. The van der Waals surface area contributed by atoms with E-state index in [1.807, 2.05) is 0 Å². The van der Waals surface area contributed by atoms with Crippen molar-refractivity contribution in [3.63, 3.8) is 0 Å². The third-order valence-electron chi connectivity index (χ3n) is 4.40. The fourth-order valence-corrected chi connectivity index (χ4v) is 2.98. The van der Waals surface area contributed by atoms with Crippen LogP contribution >= 0.6 is 0 Å². The van der Waals surface area contributed by atoms with E-state index in [1.54, 1.807) is 17.0 Å². The summed E-state index contributed by atoms with van der Waals surface area (Å²) in [6.07, 6.45) is -2.23. The Hall–Kier alpha value is -3.04. The third kappa shape index (κ3) is 4.21. The van der Waals surface area contributed by atoms with E-state index in [1.165, 1.54) is 6.26 Å². The van der Waals surface area contributed by atoms with E-state index >= 15 is 0 Å². The number of anilines is 1. The number of furan rings is 1. The molecule has 2 aromatic rings. The molecule has 0 bridgehead atoms. The van der Waals surface area contributed by atoms with Gasteiger partial charge in [0.15, 0.2) is 5.76 Å². The molecule has 3 rings (SSSR count). The van der Waals surface area contributed by atoms with Gasteiger partial charge in [0.1, 0.15) is 5.69 Å². The number of rotatable bonds is 4. The molecule has 2 heterocycles. The molecule has 10 heteroatoms. The number of alkyl halides is 3. The quantitative estimate of drug-likeness (QED) is 0.639. The lowest BCUT2D eigenvalue weighted by Crippen LogP contribution is -2.42. The molecule has 0 unspecified atom stereocenters. The second-order valence-corrected chi connectivity index (χ2v) is 6.17. The smallest absolute Gasteiger partial charge is 0.416 e. The van der Waals surface area contributed by atoms with Gasteiger partial charge in [0.25, 0.3) is 11.6 Å². The summed E-state index contributed by atoms with van der Waals surface area (Å²) < 4.78 is 43.4. The molecule has 27 heavy (non-hydrogen) atoms. The van der Waals surface area contributed by atoms with Crippen LogP contribution < -0.4 is 5.32 Å². The van der Waals surface area contributed by atoms with E-state index in [0.29, 0.717) is 32.0 Å². The second kappa shape index (κ2) is 7.29. The lowest BCUT2D eigenvalue weighted by atomic mass is 10.0. The number of nitrogens with one attached hydrogen (secondary N) is 1. The topological polar surface area (TPSA) is 88.6 Å². The number of hydrogen-bond acceptors (Lipinski definition) is 5. The van der Waals surface area contributed by atoms with Crippen LogP contribution in [0.5, 0.6) is 0 Å². The Morgan fingerprint density at radius 3 is 2.52 bits per heavy atom. The minimum absolute atomic E-state index is 0.0313. The highest BCUT2D eigenvalue weighted by Gasteiger charge is 2.33. The zero-order valence-electron chi connectivity index (χ0n) is 14.0.